The summed E-state index contributed by atoms with van der Waals surface area (Å²) in [5.74, 6) is -0.739. The minimum atomic E-state index is -1.11. The summed E-state index contributed by atoms with van der Waals surface area (Å²) in [4.78, 5) is 28.6. The van der Waals surface area contributed by atoms with Crippen LogP contribution in [-0.2, 0) is 9.59 Å². The van der Waals surface area contributed by atoms with Gasteiger partial charge in [-0.25, -0.2) is 0 Å². The molecule has 2 spiro atoms. The third-order valence-electron chi connectivity index (χ3n) is 7.80. The van der Waals surface area contributed by atoms with E-state index in [1.807, 2.05) is 107 Å². The molecular formula is C29H26N4O2. The standard InChI is InChI=1S/C29H26N4O2/c1-18-10-14-23(15-11-18)32-26(34)28(20(3)30-32)25(22-8-6-5-7-9-22)29(28)21(4)31-33(27(29)35)24-16-12-19(2)13-17-24/h5-17,25H,1-4H3/t28-,29-/m1/s1. The van der Waals surface area contributed by atoms with Crippen molar-refractivity contribution < 1.29 is 9.59 Å². The Morgan fingerprint density at radius 2 is 1.00 bits per heavy atom. The molecule has 2 aliphatic heterocycles. The van der Waals surface area contributed by atoms with Gasteiger partial charge in [-0.1, -0.05) is 65.7 Å². The molecule has 0 bridgehead atoms. The lowest BCUT2D eigenvalue weighted by Gasteiger charge is -2.19. The first-order valence-corrected chi connectivity index (χ1v) is 11.8. The van der Waals surface area contributed by atoms with Crippen LogP contribution < -0.4 is 10.0 Å². The van der Waals surface area contributed by atoms with Crippen molar-refractivity contribution in [3.05, 3.63) is 95.6 Å². The number of carbonyl (C=O) groups is 2. The monoisotopic (exact) mass is 462 g/mol. The van der Waals surface area contributed by atoms with Gasteiger partial charge in [0.25, 0.3) is 11.8 Å². The summed E-state index contributed by atoms with van der Waals surface area (Å²) in [6.45, 7) is 7.74. The maximum Gasteiger partial charge on any atom is 0.261 e. The summed E-state index contributed by atoms with van der Waals surface area (Å²) in [5.41, 5.74) is 3.60. The molecule has 2 atom stereocenters. The molecule has 1 aliphatic carbocycles. The van der Waals surface area contributed by atoms with Crippen LogP contribution in [0, 0.1) is 24.7 Å². The first-order valence-electron chi connectivity index (χ1n) is 11.8. The maximum atomic E-state index is 14.3. The second-order valence-corrected chi connectivity index (χ2v) is 9.74. The van der Waals surface area contributed by atoms with Gasteiger partial charge < -0.3 is 0 Å². The van der Waals surface area contributed by atoms with Crippen molar-refractivity contribution in [1.29, 1.82) is 0 Å². The number of anilines is 2. The van der Waals surface area contributed by atoms with Gasteiger partial charge in [0.1, 0.15) is 10.8 Å². The number of benzene rings is 3. The highest BCUT2D eigenvalue weighted by Crippen LogP contribution is 2.79. The molecule has 6 nitrogen and oxygen atoms in total. The molecule has 2 amide bonds. The second kappa shape index (κ2) is 7.22. The molecule has 1 fully saturated rings. The number of fused-ring (bicyclic) bond motifs is 1. The number of amides is 2. The molecule has 0 radical (unpaired) electrons. The molecule has 6 rings (SSSR count). The van der Waals surface area contributed by atoms with Gasteiger partial charge in [-0.3, -0.25) is 9.59 Å². The highest BCUT2D eigenvalue weighted by molar-refractivity contribution is 6.37. The summed E-state index contributed by atoms with van der Waals surface area (Å²) in [5, 5.41) is 12.4. The first-order chi connectivity index (χ1) is 16.8. The number of hydrogen-bond acceptors (Lipinski definition) is 4. The number of nitrogens with zero attached hydrogens (tertiary/aromatic N) is 4. The molecule has 0 aromatic heterocycles. The van der Waals surface area contributed by atoms with E-state index >= 15 is 0 Å². The zero-order valence-corrected chi connectivity index (χ0v) is 20.2. The van der Waals surface area contributed by atoms with Crippen LogP contribution in [0.1, 0.15) is 36.5 Å². The lowest BCUT2D eigenvalue weighted by molar-refractivity contribution is -0.126. The van der Waals surface area contributed by atoms with E-state index in [0.29, 0.717) is 22.8 Å². The van der Waals surface area contributed by atoms with Crippen LogP contribution >= 0.6 is 0 Å². The van der Waals surface area contributed by atoms with Gasteiger partial charge in [0, 0.05) is 5.92 Å². The van der Waals surface area contributed by atoms with Gasteiger partial charge in [0.15, 0.2) is 0 Å². The predicted molar refractivity (Wildman–Crippen MR) is 138 cm³/mol. The second-order valence-electron chi connectivity index (χ2n) is 9.74. The van der Waals surface area contributed by atoms with E-state index in [2.05, 4.69) is 0 Å². The SMILES string of the molecule is CC1=NN(c2ccc(C)cc2)C(=O)[C@]12C(c1ccccc1)[C@]21C(=O)N(c2ccc(C)cc2)N=C1C. The Balaban J connectivity index is 1.51. The molecule has 0 saturated heterocycles. The number of carbonyl (C=O) groups excluding carboxylic acids is 2. The first kappa shape index (κ1) is 21.5. The summed E-state index contributed by atoms with van der Waals surface area (Å²) in [6, 6.07) is 25.2. The number of aryl methyl sites for hydroxylation is 2. The molecule has 3 aliphatic rings. The minimum Gasteiger partial charge on any atom is -0.271 e. The van der Waals surface area contributed by atoms with Crippen LogP contribution in [0.3, 0.4) is 0 Å². The number of hydrazone groups is 2. The lowest BCUT2D eigenvalue weighted by Crippen LogP contribution is -2.40. The number of hydrogen-bond donors (Lipinski definition) is 0. The smallest absolute Gasteiger partial charge is 0.261 e. The summed E-state index contributed by atoms with van der Waals surface area (Å²) in [6.07, 6.45) is 0. The molecule has 1 saturated carbocycles. The van der Waals surface area contributed by atoms with Gasteiger partial charge in [-0.05, 0) is 57.5 Å². The minimum absolute atomic E-state index is 0.179. The predicted octanol–water partition coefficient (Wildman–Crippen LogP) is 5.22. The van der Waals surface area contributed by atoms with Crippen LogP contribution in [0.25, 0.3) is 0 Å². The van der Waals surface area contributed by atoms with Crippen LogP contribution in [0.2, 0.25) is 0 Å². The van der Waals surface area contributed by atoms with Gasteiger partial charge >= 0.3 is 0 Å². The van der Waals surface area contributed by atoms with Crippen molar-refractivity contribution in [3.63, 3.8) is 0 Å². The van der Waals surface area contributed by atoms with Crippen molar-refractivity contribution in [1.82, 2.24) is 0 Å². The largest absolute Gasteiger partial charge is 0.271 e. The average molecular weight is 463 g/mol. The molecular weight excluding hydrogens is 436 g/mol. The Bertz CT molecular complexity index is 1330. The third-order valence-corrected chi connectivity index (χ3v) is 7.80. The van der Waals surface area contributed by atoms with Crippen LogP contribution in [0.15, 0.2) is 89.1 Å². The molecule has 6 heteroatoms. The molecule has 0 unspecified atom stereocenters. The van der Waals surface area contributed by atoms with Crippen LogP contribution in [0.5, 0.6) is 0 Å². The average Bonchev–Trinajstić information content (AvgIpc) is 3.35. The van der Waals surface area contributed by atoms with E-state index in [0.717, 1.165) is 16.7 Å². The Morgan fingerprint density at radius 3 is 1.40 bits per heavy atom. The van der Waals surface area contributed by atoms with Crippen LogP contribution in [-0.4, -0.2) is 23.2 Å². The van der Waals surface area contributed by atoms with Gasteiger partial charge in [0.2, 0.25) is 0 Å². The van der Waals surface area contributed by atoms with E-state index in [4.69, 9.17) is 10.2 Å². The Hall–Kier alpha value is -4.06. The zero-order valence-electron chi connectivity index (χ0n) is 20.2. The maximum absolute atomic E-state index is 14.3. The molecule has 35 heavy (non-hydrogen) atoms. The normalized spacial score (nSPS) is 27.1. The summed E-state index contributed by atoms with van der Waals surface area (Å²) in [7, 11) is 0. The van der Waals surface area contributed by atoms with Crippen molar-refractivity contribution in [2.45, 2.75) is 33.6 Å². The molecule has 0 N–H and O–H groups in total. The highest BCUT2D eigenvalue weighted by atomic mass is 16.2. The van der Waals surface area contributed by atoms with Crippen LogP contribution in [0.4, 0.5) is 11.4 Å². The van der Waals surface area contributed by atoms with Crippen molar-refractivity contribution >= 4 is 34.6 Å². The Kier molecular flexibility index (Phi) is 4.43. The van der Waals surface area contributed by atoms with Crippen molar-refractivity contribution in [2.24, 2.45) is 21.0 Å². The third kappa shape index (κ3) is 2.59. The zero-order chi connectivity index (χ0) is 24.5. The van der Waals surface area contributed by atoms with Crippen molar-refractivity contribution in [3.8, 4) is 0 Å². The van der Waals surface area contributed by atoms with Gasteiger partial charge in [-0.15, -0.1) is 0 Å². The molecule has 3 aromatic rings. The van der Waals surface area contributed by atoms with E-state index in [9.17, 15) is 9.59 Å². The fourth-order valence-electron chi connectivity index (χ4n) is 6.11. The number of rotatable bonds is 3. The molecule has 3 aromatic carbocycles. The van der Waals surface area contributed by atoms with Gasteiger partial charge in [0.05, 0.1) is 22.8 Å². The Labute approximate surface area is 204 Å². The summed E-state index contributed by atoms with van der Waals surface area (Å²) < 4.78 is 0. The van der Waals surface area contributed by atoms with Crippen molar-refractivity contribution in [2.75, 3.05) is 10.0 Å². The van der Waals surface area contributed by atoms with E-state index in [1.165, 1.54) is 10.0 Å². The molecule has 174 valence electrons. The van der Waals surface area contributed by atoms with E-state index in [-0.39, 0.29) is 17.7 Å². The fraction of sp³-hybridized carbons (Fsp3) is 0.241. The van der Waals surface area contributed by atoms with E-state index < -0.39 is 10.8 Å². The van der Waals surface area contributed by atoms with Gasteiger partial charge in [-0.2, -0.15) is 20.2 Å². The highest BCUT2D eigenvalue weighted by Gasteiger charge is 2.91. The fourth-order valence-corrected chi connectivity index (χ4v) is 6.11. The topological polar surface area (TPSA) is 65.3 Å². The lowest BCUT2D eigenvalue weighted by atomic mass is 9.85. The quantitative estimate of drug-likeness (QED) is 0.536. The molecule has 2 heterocycles. The summed E-state index contributed by atoms with van der Waals surface area (Å²) >= 11 is 0. The van der Waals surface area contributed by atoms with E-state index in [1.54, 1.807) is 0 Å². The Morgan fingerprint density at radius 1 is 0.600 bits per heavy atom.